The number of benzene rings is 1. The average molecular weight is 236 g/mol. The zero-order valence-electron chi connectivity index (χ0n) is 10.2. The number of para-hydroxylation sites is 2. The first-order valence-electron chi connectivity index (χ1n) is 5.57. The summed E-state index contributed by atoms with van der Waals surface area (Å²) in [5.74, 6) is 0.842. The summed E-state index contributed by atoms with van der Waals surface area (Å²) in [6.07, 6.45) is -0.691. The minimum Gasteiger partial charge on any atom is -0.485 e. The molecule has 0 radical (unpaired) electrons. The van der Waals surface area contributed by atoms with E-state index in [1.54, 1.807) is 12.1 Å². The van der Waals surface area contributed by atoms with Crippen LogP contribution in [0.3, 0.4) is 0 Å². The lowest BCUT2D eigenvalue weighted by Crippen LogP contribution is -2.41. The van der Waals surface area contributed by atoms with Gasteiger partial charge in [0.05, 0.1) is 0 Å². The summed E-state index contributed by atoms with van der Waals surface area (Å²) in [4.78, 5) is 11.8. The van der Waals surface area contributed by atoms with Gasteiger partial charge in [0.2, 0.25) is 6.10 Å². The van der Waals surface area contributed by atoms with Crippen LogP contribution in [0.4, 0.5) is 0 Å². The summed E-state index contributed by atoms with van der Waals surface area (Å²) in [5.41, 5.74) is -0.516. The van der Waals surface area contributed by atoms with Crippen LogP contribution in [0.2, 0.25) is 0 Å². The summed E-state index contributed by atoms with van der Waals surface area (Å²) in [7, 11) is 0. The summed E-state index contributed by atoms with van der Waals surface area (Å²) in [6, 6.07) is 7.27. The predicted octanol–water partition coefficient (Wildman–Crippen LogP) is 2.17. The van der Waals surface area contributed by atoms with Gasteiger partial charge < -0.3 is 14.2 Å². The van der Waals surface area contributed by atoms with Crippen LogP contribution in [0.15, 0.2) is 24.3 Å². The Balaban J connectivity index is 2.05. The summed E-state index contributed by atoms with van der Waals surface area (Å²) < 4.78 is 16.2. The lowest BCUT2D eigenvalue weighted by Gasteiger charge is -2.28. The van der Waals surface area contributed by atoms with Gasteiger partial charge in [-0.05, 0) is 32.9 Å². The Labute approximate surface area is 100 Å². The normalized spacial score (nSPS) is 18.6. The fourth-order valence-electron chi connectivity index (χ4n) is 1.50. The third-order valence-corrected chi connectivity index (χ3v) is 2.18. The topological polar surface area (TPSA) is 44.8 Å². The van der Waals surface area contributed by atoms with Crippen LogP contribution in [0, 0.1) is 0 Å². The molecular weight excluding hydrogens is 220 g/mol. The van der Waals surface area contributed by atoms with E-state index in [1.807, 2.05) is 32.9 Å². The Bertz CT molecular complexity index is 420. The van der Waals surface area contributed by atoms with E-state index in [9.17, 15) is 4.79 Å². The number of carbonyl (C=O) groups is 1. The smallest absolute Gasteiger partial charge is 0.351 e. The first kappa shape index (κ1) is 11.8. The molecule has 0 bridgehead atoms. The lowest BCUT2D eigenvalue weighted by molar-refractivity contribution is -0.165. The number of hydrogen-bond donors (Lipinski definition) is 0. The summed E-state index contributed by atoms with van der Waals surface area (Å²) in [6.45, 7) is 5.65. The minimum absolute atomic E-state index is 0.186. The van der Waals surface area contributed by atoms with E-state index >= 15 is 0 Å². The average Bonchev–Trinajstić information content (AvgIpc) is 2.26. The van der Waals surface area contributed by atoms with Gasteiger partial charge in [0.1, 0.15) is 12.2 Å². The van der Waals surface area contributed by atoms with Gasteiger partial charge in [-0.15, -0.1) is 0 Å². The van der Waals surface area contributed by atoms with Crippen molar-refractivity contribution in [1.82, 2.24) is 0 Å². The van der Waals surface area contributed by atoms with E-state index in [0.29, 0.717) is 11.5 Å². The van der Waals surface area contributed by atoms with Crippen LogP contribution < -0.4 is 9.47 Å². The first-order valence-corrected chi connectivity index (χ1v) is 5.57. The SMILES string of the molecule is CC(C)(C)OC(=O)C1COc2ccccc2O1. The number of carbonyl (C=O) groups excluding carboxylic acids is 1. The van der Waals surface area contributed by atoms with Crippen LogP contribution >= 0.6 is 0 Å². The molecule has 4 nitrogen and oxygen atoms in total. The summed E-state index contributed by atoms with van der Waals surface area (Å²) >= 11 is 0. The quantitative estimate of drug-likeness (QED) is 0.701. The molecule has 1 unspecified atom stereocenters. The first-order chi connectivity index (χ1) is 7.96. The van der Waals surface area contributed by atoms with Crippen LogP contribution in [0.25, 0.3) is 0 Å². The second-order valence-corrected chi connectivity index (χ2v) is 4.90. The second kappa shape index (κ2) is 4.28. The Kier molecular flexibility index (Phi) is 2.96. The molecule has 0 saturated heterocycles. The Hall–Kier alpha value is -1.71. The molecule has 0 saturated carbocycles. The fraction of sp³-hybridized carbons (Fsp3) is 0.462. The molecule has 0 N–H and O–H groups in total. The highest BCUT2D eigenvalue weighted by atomic mass is 16.6. The molecular formula is C13H16O4. The van der Waals surface area contributed by atoms with Gasteiger partial charge in [-0.25, -0.2) is 4.79 Å². The molecule has 4 heteroatoms. The third kappa shape index (κ3) is 2.90. The van der Waals surface area contributed by atoms with E-state index in [0.717, 1.165) is 0 Å². The standard InChI is InChI=1S/C13H16O4/c1-13(2,3)17-12(14)11-8-15-9-6-4-5-7-10(9)16-11/h4-7,11H,8H2,1-3H3. The van der Waals surface area contributed by atoms with E-state index in [-0.39, 0.29) is 6.61 Å². The molecule has 0 aliphatic carbocycles. The zero-order valence-corrected chi connectivity index (χ0v) is 10.2. The van der Waals surface area contributed by atoms with Gasteiger partial charge in [0, 0.05) is 0 Å². The molecule has 92 valence electrons. The van der Waals surface area contributed by atoms with Crippen molar-refractivity contribution in [3.8, 4) is 11.5 Å². The predicted molar refractivity (Wildman–Crippen MR) is 62.2 cm³/mol. The second-order valence-electron chi connectivity index (χ2n) is 4.90. The molecule has 1 aromatic rings. The van der Waals surface area contributed by atoms with Crippen molar-refractivity contribution in [2.45, 2.75) is 32.5 Å². The van der Waals surface area contributed by atoms with Gasteiger partial charge in [0.15, 0.2) is 11.5 Å². The Morgan fingerprint density at radius 2 is 1.94 bits per heavy atom. The van der Waals surface area contributed by atoms with Crippen molar-refractivity contribution in [2.75, 3.05) is 6.61 Å². The number of ether oxygens (including phenoxy) is 3. The molecule has 17 heavy (non-hydrogen) atoms. The molecule has 0 spiro atoms. The molecule has 0 aromatic heterocycles. The van der Waals surface area contributed by atoms with Gasteiger partial charge >= 0.3 is 5.97 Å². The van der Waals surface area contributed by atoms with Crippen molar-refractivity contribution in [1.29, 1.82) is 0 Å². The van der Waals surface area contributed by atoms with Crippen molar-refractivity contribution in [3.05, 3.63) is 24.3 Å². The van der Waals surface area contributed by atoms with Crippen LogP contribution in [0.5, 0.6) is 11.5 Å². The lowest BCUT2D eigenvalue weighted by atomic mass is 10.2. The van der Waals surface area contributed by atoms with Gasteiger partial charge in [-0.2, -0.15) is 0 Å². The highest BCUT2D eigenvalue weighted by Gasteiger charge is 2.31. The molecule has 1 aliphatic heterocycles. The van der Waals surface area contributed by atoms with E-state index < -0.39 is 17.7 Å². The Morgan fingerprint density at radius 1 is 1.29 bits per heavy atom. The number of hydrogen-bond acceptors (Lipinski definition) is 4. The maximum atomic E-state index is 11.8. The maximum Gasteiger partial charge on any atom is 0.351 e. The van der Waals surface area contributed by atoms with Crippen molar-refractivity contribution in [3.63, 3.8) is 0 Å². The summed E-state index contributed by atoms with van der Waals surface area (Å²) in [5, 5.41) is 0. The van der Waals surface area contributed by atoms with Crippen molar-refractivity contribution in [2.24, 2.45) is 0 Å². The van der Waals surface area contributed by atoms with Crippen LogP contribution in [0.1, 0.15) is 20.8 Å². The largest absolute Gasteiger partial charge is 0.485 e. The number of rotatable bonds is 1. The number of esters is 1. The van der Waals surface area contributed by atoms with Gasteiger partial charge in [-0.3, -0.25) is 0 Å². The van der Waals surface area contributed by atoms with Crippen LogP contribution in [-0.2, 0) is 9.53 Å². The highest BCUT2D eigenvalue weighted by molar-refractivity contribution is 5.76. The monoisotopic (exact) mass is 236 g/mol. The molecule has 0 fully saturated rings. The number of fused-ring (bicyclic) bond motifs is 1. The maximum absolute atomic E-state index is 11.8. The Morgan fingerprint density at radius 3 is 2.59 bits per heavy atom. The van der Waals surface area contributed by atoms with E-state index in [4.69, 9.17) is 14.2 Å². The zero-order chi connectivity index (χ0) is 12.5. The molecule has 1 atom stereocenters. The van der Waals surface area contributed by atoms with Gasteiger partial charge in [-0.1, -0.05) is 12.1 Å². The van der Waals surface area contributed by atoms with Gasteiger partial charge in [0.25, 0.3) is 0 Å². The molecule has 1 aromatic carbocycles. The molecule has 1 heterocycles. The molecule has 1 aliphatic rings. The highest BCUT2D eigenvalue weighted by Crippen LogP contribution is 2.31. The minimum atomic E-state index is -0.691. The van der Waals surface area contributed by atoms with E-state index in [1.165, 1.54) is 0 Å². The van der Waals surface area contributed by atoms with Crippen LogP contribution in [-0.4, -0.2) is 24.3 Å². The molecule has 2 rings (SSSR count). The van der Waals surface area contributed by atoms with Crippen molar-refractivity contribution >= 4 is 5.97 Å². The third-order valence-electron chi connectivity index (χ3n) is 2.18. The van der Waals surface area contributed by atoms with Crippen molar-refractivity contribution < 1.29 is 19.0 Å². The molecule has 0 amide bonds. The van der Waals surface area contributed by atoms with E-state index in [2.05, 4.69) is 0 Å². The fourth-order valence-corrected chi connectivity index (χ4v) is 1.50.